The Morgan fingerprint density at radius 2 is 1.45 bits per heavy atom. The van der Waals surface area contributed by atoms with Gasteiger partial charge in [0.1, 0.15) is 0 Å². The van der Waals surface area contributed by atoms with Crippen LogP contribution >= 0.6 is 0 Å². The summed E-state index contributed by atoms with van der Waals surface area (Å²) in [5.74, 6) is 2.84. The molecule has 0 radical (unpaired) electrons. The summed E-state index contributed by atoms with van der Waals surface area (Å²) in [5.41, 5.74) is 0. The lowest BCUT2D eigenvalue weighted by atomic mass is 9.71. The van der Waals surface area contributed by atoms with Gasteiger partial charge in [0.15, 0.2) is 0 Å². The van der Waals surface area contributed by atoms with Crippen LogP contribution in [0, 0.1) is 17.8 Å². The molecule has 0 spiro atoms. The second kappa shape index (κ2) is 2.48. The van der Waals surface area contributed by atoms with Crippen molar-refractivity contribution in [3.63, 3.8) is 0 Å². The van der Waals surface area contributed by atoms with Crippen molar-refractivity contribution >= 4 is 0 Å². The molecule has 64 valence electrons. The maximum atomic E-state index is 3.72. The molecule has 0 aliphatic heterocycles. The van der Waals surface area contributed by atoms with Crippen molar-refractivity contribution in [1.82, 2.24) is 5.32 Å². The van der Waals surface area contributed by atoms with Crippen molar-refractivity contribution in [3.05, 3.63) is 0 Å². The second-order valence-corrected chi connectivity index (χ2v) is 4.66. The van der Waals surface area contributed by atoms with Gasteiger partial charge >= 0.3 is 0 Å². The topological polar surface area (TPSA) is 12.0 Å². The minimum atomic E-state index is 0.847. The van der Waals surface area contributed by atoms with E-state index in [1.807, 2.05) is 0 Å². The van der Waals surface area contributed by atoms with Crippen LogP contribution in [0.1, 0.15) is 33.6 Å². The van der Waals surface area contributed by atoms with Gasteiger partial charge in [-0.25, -0.2) is 0 Å². The van der Waals surface area contributed by atoms with Gasteiger partial charge in [-0.05, 0) is 30.6 Å². The van der Waals surface area contributed by atoms with Gasteiger partial charge in [0, 0.05) is 12.1 Å². The lowest BCUT2D eigenvalue weighted by Crippen LogP contribution is -2.49. The molecule has 0 aromatic carbocycles. The third-order valence-electron chi connectivity index (χ3n) is 3.70. The van der Waals surface area contributed by atoms with Crippen molar-refractivity contribution in [2.45, 2.75) is 45.7 Å². The molecular formula is C10H19N. The van der Waals surface area contributed by atoms with E-state index in [9.17, 15) is 0 Å². The molecule has 2 aliphatic rings. The lowest BCUT2D eigenvalue weighted by molar-refractivity contribution is 0.135. The third kappa shape index (κ3) is 1.31. The van der Waals surface area contributed by atoms with Gasteiger partial charge in [-0.15, -0.1) is 0 Å². The first kappa shape index (κ1) is 7.60. The summed E-state index contributed by atoms with van der Waals surface area (Å²) >= 11 is 0. The fourth-order valence-corrected chi connectivity index (χ4v) is 2.08. The summed E-state index contributed by atoms with van der Waals surface area (Å²) in [6.07, 6.45) is 2.82. The molecule has 2 saturated carbocycles. The van der Waals surface area contributed by atoms with Gasteiger partial charge in [0.05, 0.1) is 0 Å². The molecule has 2 aliphatic carbocycles. The van der Waals surface area contributed by atoms with Crippen LogP contribution in [0.4, 0.5) is 0 Å². The van der Waals surface area contributed by atoms with Crippen LogP contribution in [0.25, 0.3) is 0 Å². The molecule has 1 nitrogen and oxygen atoms in total. The molecule has 11 heavy (non-hydrogen) atoms. The van der Waals surface area contributed by atoms with Gasteiger partial charge in [-0.3, -0.25) is 0 Å². The highest BCUT2D eigenvalue weighted by molar-refractivity contribution is 4.97. The molecular weight excluding hydrogens is 134 g/mol. The fourth-order valence-electron chi connectivity index (χ4n) is 2.08. The van der Waals surface area contributed by atoms with E-state index in [1.54, 1.807) is 0 Å². The van der Waals surface area contributed by atoms with Crippen LogP contribution in [-0.2, 0) is 0 Å². The van der Waals surface area contributed by atoms with Crippen LogP contribution in [0.15, 0.2) is 0 Å². The molecule has 2 rings (SSSR count). The monoisotopic (exact) mass is 153 g/mol. The molecule has 0 aromatic rings. The molecule has 0 amide bonds. The maximum absolute atomic E-state index is 3.72. The number of hydrogen-bond acceptors (Lipinski definition) is 1. The second-order valence-electron chi connectivity index (χ2n) is 4.66. The molecule has 5 atom stereocenters. The molecule has 1 heteroatoms. The molecule has 0 saturated heterocycles. The SMILES string of the molecule is CC1CC(N[C@@H]2C[C@H]2C)C1C. The predicted molar refractivity (Wildman–Crippen MR) is 47.4 cm³/mol. The van der Waals surface area contributed by atoms with Crippen molar-refractivity contribution in [2.75, 3.05) is 0 Å². The highest BCUT2D eigenvalue weighted by Crippen LogP contribution is 2.38. The Bertz CT molecular complexity index is 155. The van der Waals surface area contributed by atoms with Gasteiger partial charge in [0.2, 0.25) is 0 Å². The predicted octanol–water partition coefficient (Wildman–Crippen LogP) is 2.03. The Kier molecular flexibility index (Phi) is 1.71. The number of nitrogens with one attached hydrogen (secondary N) is 1. The summed E-state index contributed by atoms with van der Waals surface area (Å²) < 4.78 is 0. The largest absolute Gasteiger partial charge is 0.311 e. The van der Waals surface area contributed by atoms with Crippen LogP contribution in [0.3, 0.4) is 0 Å². The Morgan fingerprint density at radius 3 is 1.82 bits per heavy atom. The highest BCUT2D eigenvalue weighted by Gasteiger charge is 2.40. The lowest BCUT2D eigenvalue weighted by Gasteiger charge is -2.41. The highest BCUT2D eigenvalue weighted by atomic mass is 15.0. The first-order valence-electron chi connectivity index (χ1n) is 4.94. The number of hydrogen-bond donors (Lipinski definition) is 1. The van der Waals surface area contributed by atoms with Crippen LogP contribution in [0.5, 0.6) is 0 Å². The van der Waals surface area contributed by atoms with Gasteiger partial charge < -0.3 is 5.32 Å². The van der Waals surface area contributed by atoms with Crippen molar-refractivity contribution in [1.29, 1.82) is 0 Å². The van der Waals surface area contributed by atoms with Crippen LogP contribution < -0.4 is 5.32 Å². The maximum Gasteiger partial charge on any atom is 0.0101 e. The van der Waals surface area contributed by atoms with E-state index >= 15 is 0 Å². The summed E-state index contributed by atoms with van der Waals surface area (Å²) in [6, 6.07) is 1.72. The summed E-state index contributed by atoms with van der Waals surface area (Å²) in [6.45, 7) is 7.07. The molecule has 1 N–H and O–H groups in total. The molecule has 3 unspecified atom stereocenters. The van der Waals surface area contributed by atoms with E-state index in [1.165, 1.54) is 12.8 Å². The number of rotatable bonds is 2. The quantitative estimate of drug-likeness (QED) is 0.640. The van der Waals surface area contributed by atoms with Crippen molar-refractivity contribution in [2.24, 2.45) is 17.8 Å². The van der Waals surface area contributed by atoms with Gasteiger partial charge in [0.25, 0.3) is 0 Å². The Labute approximate surface area is 69.6 Å². The molecule has 0 aromatic heterocycles. The van der Waals surface area contributed by atoms with E-state index in [0.717, 1.165) is 29.8 Å². The Balaban J connectivity index is 1.73. The van der Waals surface area contributed by atoms with E-state index in [4.69, 9.17) is 0 Å². The molecule has 2 fully saturated rings. The average Bonchev–Trinajstić information content (AvgIpc) is 2.66. The minimum absolute atomic E-state index is 0.847. The van der Waals surface area contributed by atoms with Crippen molar-refractivity contribution in [3.8, 4) is 0 Å². The van der Waals surface area contributed by atoms with E-state index < -0.39 is 0 Å². The van der Waals surface area contributed by atoms with Crippen LogP contribution in [-0.4, -0.2) is 12.1 Å². The zero-order valence-corrected chi connectivity index (χ0v) is 7.80. The summed E-state index contributed by atoms with van der Waals surface area (Å²) in [4.78, 5) is 0. The standard InChI is InChI=1S/C10H19N/c1-6-4-10(8(6)3)11-9-5-7(9)2/h6-11H,4-5H2,1-3H3/t6?,7-,8?,9-,10?/m1/s1. The van der Waals surface area contributed by atoms with Gasteiger partial charge in [-0.2, -0.15) is 0 Å². The first-order chi connectivity index (χ1) is 5.18. The Hall–Kier alpha value is -0.0400. The first-order valence-corrected chi connectivity index (χ1v) is 4.94. The smallest absolute Gasteiger partial charge is 0.0101 e. The van der Waals surface area contributed by atoms with E-state index in [0.29, 0.717) is 0 Å². The zero-order chi connectivity index (χ0) is 8.01. The summed E-state index contributed by atoms with van der Waals surface area (Å²) in [5, 5.41) is 3.72. The molecule has 0 heterocycles. The fraction of sp³-hybridized carbons (Fsp3) is 1.00. The molecule has 0 bridgehead atoms. The zero-order valence-electron chi connectivity index (χ0n) is 7.80. The Morgan fingerprint density at radius 1 is 0.909 bits per heavy atom. The normalized spacial score (nSPS) is 55.4. The van der Waals surface area contributed by atoms with Crippen LogP contribution in [0.2, 0.25) is 0 Å². The third-order valence-corrected chi connectivity index (χ3v) is 3.70. The van der Waals surface area contributed by atoms with E-state index in [2.05, 4.69) is 26.1 Å². The minimum Gasteiger partial charge on any atom is -0.311 e. The van der Waals surface area contributed by atoms with Crippen molar-refractivity contribution < 1.29 is 0 Å². The summed E-state index contributed by atoms with van der Waals surface area (Å²) in [7, 11) is 0. The van der Waals surface area contributed by atoms with Gasteiger partial charge in [-0.1, -0.05) is 20.8 Å². The average molecular weight is 153 g/mol. The van der Waals surface area contributed by atoms with E-state index in [-0.39, 0.29) is 0 Å².